The Bertz CT molecular complexity index is 239. The molecular weight excluding hydrogens is 182 g/mol. The number of alkyl halides is 1. The number of nitrogens with zero attached hydrogens (tertiary/aromatic N) is 2. The molecule has 66 valence electrons. The lowest BCUT2D eigenvalue weighted by Gasteiger charge is -2.16. The molecule has 1 aliphatic rings. The molecule has 0 fully saturated rings. The SMILES string of the molecule is NC(CC1(Cl)C=NC=N1)C(=O)O. The number of aliphatic imine (C=N–C) groups is 2. The van der Waals surface area contributed by atoms with Crippen molar-refractivity contribution in [2.45, 2.75) is 17.5 Å². The lowest BCUT2D eigenvalue weighted by Crippen LogP contribution is -2.37. The van der Waals surface area contributed by atoms with Crippen LogP contribution in [0.5, 0.6) is 0 Å². The summed E-state index contributed by atoms with van der Waals surface area (Å²) >= 11 is 5.82. The van der Waals surface area contributed by atoms with Gasteiger partial charge in [0.25, 0.3) is 0 Å². The van der Waals surface area contributed by atoms with Crippen molar-refractivity contribution >= 4 is 30.1 Å². The van der Waals surface area contributed by atoms with E-state index in [-0.39, 0.29) is 6.42 Å². The van der Waals surface area contributed by atoms with Gasteiger partial charge in [-0.1, -0.05) is 11.6 Å². The summed E-state index contributed by atoms with van der Waals surface area (Å²) in [6.45, 7) is 0. The van der Waals surface area contributed by atoms with Gasteiger partial charge in [0.2, 0.25) is 0 Å². The zero-order chi connectivity index (χ0) is 9.19. The topological polar surface area (TPSA) is 88.0 Å². The molecule has 0 aliphatic carbocycles. The molecule has 0 saturated heterocycles. The molecule has 0 aromatic rings. The number of aliphatic carboxylic acids is 1. The van der Waals surface area contributed by atoms with Crippen LogP contribution in [0, 0.1) is 0 Å². The summed E-state index contributed by atoms with van der Waals surface area (Å²) in [6, 6.07) is -1.01. The Hall–Kier alpha value is -0.940. The van der Waals surface area contributed by atoms with Crippen LogP contribution in [-0.4, -0.2) is 34.7 Å². The van der Waals surface area contributed by atoms with Gasteiger partial charge in [0.15, 0.2) is 5.00 Å². The highest BCUT2D eigenvalue weighted by Gasteiger charge is 2.31. The van der Waals surface area contributed by atoms with Crippen LogP contribution in [0.15, 0.2) is 9.98 Å². The van der Waals surface area contributed by atoms with Gasteiger partial charge in [-0.15, -0.1) is 0 Å². The van der Waals surface area contributed by atoms with Crippen molar-refractivity contribution in [3.63, 3.8) is 0 Å². The van der Waals surface area contributed by atoms with E-state index in [0.717, 1.165) is 0 Å². The average Bonchev–Trinajstić information content (AvgIpc) is 2.35. The van der Waals surface area contributed by atoms with Crippen LogP contribution in [0.1, 0.15) is 6.42 Å². The maximum atomic E-state index is 10.3. The summed E-state index contributed by atoms with van der Waals surface area (Å²) in [7, 11) is 0. The molecule has 0 saturated carbocycles. The van der Waals surface area contributed by atoms with Gasteiger partial charge < -0.3 is 10.8 Å². The lowest BCUT2D eigenvalue weighted by atomic mass is 10.1. The van der Waals surface area contributed by atoms with E-state index in [1.165, 1.54) is 12.6 Å². The number of halogens is 1. The van der Waals surface area contributed by atoms with Crippen molar-refractivity contribution in [1.29, 1.82) is 0 Å². The third-order valence-electron chi connectivity index (χ3n) is 1.43. The van der Waals surface area contributed by atoms with Crippen molar-refractivity contribution in [2.75, 3.05) is 0 Å². The molecule has 0 radical (unpaired) electrons. The van der Waals surface area contributed by atoms with Gasteiger partial charge in [-0.25, -0.2) is 9.98 Å². The minimum absolute atomic E-state index is 0.0455. The van der Waals surface area contributed by atoms with E-state index in [4.69, 9.17) is 22.4 Å². The number of hydrogen-bond acceptors (Lipinski definition) is 4. The molecule has 0 amide bonds. The fourth-order valence-corrected chi connectivity index (χ4v) is 1.08. The summed E-state index contributed by atoms with van der Waals surface area (Å²) in [6.07, 6.45) is 2.70. The summed E-state index contributed by atoms with van der Waals surface area (Å²) in [4.78, 5) is 16.7. The third kappa shape index (κ3) is 2.02. The molecular formula is C6H8ClN3O2. The lowest BCUT2D eigenvalue weighted by molar-refractivity contribution is -0.138. The first-order valence-corrected chi connectivity index (χ1v) is 3.67. The number of carboxylic acids is 1. The van der Waals surface area contributed by atoms with Crippen LogP contribution in [0.3, 0.4) is 0 Å². The number of nitrogens with two attached hydrogens (primary N) is 1. The zero-order valence-corrected chi connectivity index (χ0v) is 6.90. The zero-order valence-electron chi connectivity index (χ0n) is 6.14. The van der Waals surface area contributed by atoms with Crippen molar-refractivity contribution < 1.29 is 9.90 Å². The smallest absolute Gasteiger partial charge is 0.320 e. The standard InChI is InChI=1S/C6H8ClN3O2/c7-6(2-9-3-10-6)1-4(8)5(11)12/h2-4H,1,8H2,(H,11,12). The predicted octanol–water partition coefficient (Wildman–Crippen LogP) is -0.164. The molecule has 2 unspecified atom stereocenters. The molecule has 5 nitrogen and oxygen atoms in total. The average molecular weight is 190 g/mol. The van der Waals surface area contributed by atoms with E-state index < -0.39 is 17.0 Å². The highest BCUT2D eigenvalue weighted by atomic mass is 35.5. The van der Waals surface area contributed by atoms with Gasteiger partial charge in [-0.3, -0.25) is 4.79 Å². The van der Waals surface area contributed by atoms with Crippen LogP contribution in [0.2, 0.25) is 0 Å². The molecule has 1 heterocycles. The van der Waals surface area contributed by atoms with Gasteiger partial charge in [-0.2, -0.15) is 0 Å². The molecule has 0 bridgehead atoms. The van der Waals surface area contributed by atoms with E-state index in [9.17, 15) is 4.79 Å². The molecule has 0 aromatic heterocycles. The minimum Gasteiger partial charge on any atom is -0.480 e. The fourth-order valence-electron chi connectivity index (χ4n) is 0.811. The molecule has 2 atom stereocenters. The van der Waals surface area contributed by atoms with Crippen molar-refractivity contribution in [1.82, 2.24) is 0 Å². The maximum Gasteiger partial charge on any atom is 0.320 e. The van der Waals surface area contributed by atoms with E-state index in [0.29, 0.717) is 0 Å². The Balaban J connectivity index is 2.56. The Kier molecular flexibility index (Phi) is 2.44. The van der Waals surface area contributed by atoms with E-state index in [1.807, 2.05) is 0 Å². The first kappa shape index (κ1) is 9.15. The number of hydrogen-bond donors (Lipinski definition) is 2. The monoisotopic (exact) mass is 189 g/mol. The summed E-state index contributed by atoms with van der Waals surface area (Å²) < 4.78 is 0. The molecule has 0 aromatic carbocycles. The Labute approximate surface area is 73.9 Å². The second-order valence-electron chi connectivity index (χ2n) is 2.49. The van der Waals surface area contributed by atoms with Crippen LogP contribution in [0.4, 0.5) is 0 Å². The van der Waals surface area contributed by atoms with Crippen LogP contribution < -0.4 is 5.73 Å². The van der Waals surface area contributed by atoms with Crippen molar-refractivity contribution in [3.05, 3.63) is 0 Å². The number of carboxylic acid groups (broad SMARTS) is 1. The van der Waals surface area contributed by atoms with Crippen molar-refractivity contribution in [2.24, 2.45) is 15.7 Å². The van der Waals surface area contributed by atoms with E-state index >= 15 is 0 Å². The summed E-state index contributed by atoms with van der Waals surface area (Å²) in [5, 5.41) is 8.48. The highest BCUT2D eigenvalue weighted by Crippen LogP contribution is 2.23. The van der Waals surface area contributed by atoms with Gasteiger partial charge in [0.05, 0.1) is 0 Å². The molecule has 3 N–H and O–H groups in total. The normalized spacial score (nSPS) is 29.2. The second kappa shape index (κ2) is 3.20. The highest BCUT2D eigenvalue weighted by molar-refractivity contribution is 6.33. The molecule has 6 heteroatoms. The van der Waals surface area contributed by atoms with Crippen LogP contribution in [-0.2, 0) is 4.79 Å². The van der Waals surface area contributed by atoms with Gasteiger partial charge >= 0.3 is 5.97 Å². The van der Waals surface area contributed by atoms with Gasteiger partial charge in [0.1, 0.15) is 12.4 Å². The minimum atomic E-state index is -1.09. The largest absolute Gasteiger partial charge is 0.480 e. The Morgan fingerprint density at radius 1 is 1.83 bits per heavy atom. The maximum absolute atomic E-state index is 10.3. The van der Waals surface area contributed by atoms with E-state index in [1.54, 1.807) is 0 Å². The molecule has 0 spiro atoms. The number of carbonyl (C=O) groups is 1. The quantitative estimate of drug-likeness (QED) is 0.478. The first-order valence-electron chi connectivity index (χ1n) is 3.29. The summed E-state index contributed by atoms with van der Waals surface area (Å²) in [5.74, 6) is -1.09. The molecule has 1 aliphatic heterocycles. The molecule has 1 rings (SSSR count). The van der Waals surface area contributed by atoms with Gasteiger partial charge in [-0.05, 0) is 0 Å². The van der Waals surface area contributed by atoms with E-state index in [2.05, 4.69) is 9.98 Å². The third-order valence-corrected chi connectivity index (χ3v) is 1.78. The van der Waals surface area contributed by atoms with Crippen LogP contribution in [0.25, 0.3) is 0 Å². The summed E-state index contributed by atoms with van der Waals surface area (Å²) in [5.41, 5.74) is 5.26. The van der Waals surface area contributed by atoms with Crippen LogP contribution >= 0.6 is 11.6 Å². The fraction of sp³-hybridized carbons (Fsp3) is 0.500. The van der Waals surface area contributed by atoms with Gasteiger partial charge in [0, 0.05) is 12.6 Å². The molecule has 12 heavy (non-hydrogen) atoms. The van der Waals surface area contributed by atoms with Crippen molar-refractivity contribution in [3.8, 4) is 0 Å². The second-order valence-corrected chi connectivity index (χ2v) is 3.14. The number of rotatable bonds is 3. The Morgan fingerprint density at radius 2 is 2.50 bits per heavy atom. The first-order chi connectivity index (χ1) is 5.53. The predicted molar refractivity (Wildman–Crippen MR) is 45.8 cm³/mol. The Morgan fingerprint density at radius 3 is 2.92 bits per heavy atom.